The SMILES string of the molecule is CC(O)C[C@@H]1CC[C@@H](c2ccccc2)O1. The second-order valence-corrected chi connectivity index (χ2v) is 4.32. The van der Waals surface area contributed by atoms with Crippen molar-refractivity contribution >= 4 is 0 Å². The van der Waals surface area contributed by atoms with Crippen molar-refractivity contribution in [2.24, 2.45) is 0 Å². The molecule has 2 rings (SSSR count). The van der Waals surface area contributed by atoms with Gasteiger partial charge in [-0.15, -0.1) is 0 Å². The van der Waals surface area contributed by atoms with Crippen molar-refractivity contribution in [3.05, 3.63) is 35.9 Å². The highest BCUT2D eigenvalue weighted by Crippen LogP contribution is 2.34. The maximum absolute atomic E-state index is 9.29. The van der Waals surface area contributed by atoms with E-state index in [-0.39, 0.29) is 18.3 Å². The fourth-order valence-corrected chi connectivity index (χ4v) is 2.17. The number of aliphatic hydroxyl groups excluding tert-OH is 1. The molecule has 0 bridgehead atoms. The first-order valence-corrected chi connectivity index (χ1v) is 5.64. The lowest BCUT2D eigenvalue weighted by atomic mass is 10.1. The van der Waals surface area contributed by atoms with E-state index in [9.17, 15) is 5.11 Å². The Morgan fingerprint density at radius 1 is 1.33 bits per heavy atom. The van der Waals surface area contributed by atoms with Gasteiger partial charge >= 0.3 is 0 Å². The fraction of sp³-hybridized carbons (Fsp3) is 0.538. The first kappa shape index (κ1) is 10.7. The number of ether oxygens (including phenoxy) is 1. The van der Waals surface area contributed by atoms with E-state index in [0.717, 1.165) is 19.3 Å². The molecule has 1 fully saturated rings. The molecule has 0 amide bonds. The average molecular weight is 206 g/mol. The summed E-state index contributed by atoms with van der Waals surface area (Å²) in [6.07, 6.45) is 3.09. The number of benzene rings is 1. The highest BCUT2D eigenvalue weighted by molar-refractivity contribution is 5.18. The van der Waals surface area contributed by atoms with E-state index in [0.29, 0.717) is 0 Å². The van der Waals surface area contributed by atoms with Gasteiger partial charge in [0.25, 0.3) is 0 Å². The van der Waals surface area contributed by atoms with E-state index in [1.165, 1.54) is 5.56 Å². The lowest BCUT2D eigenvalue weighted by Crippen LogP contribution is -2.14. The predicted octanol–water partition coefficient (Wildman–Crippen LogP) is 2.68. The van der Waals surface area contributed by atoms with Gasteiger partial charge < -0.3 is 9.84 Å². The smallest absolute Gasteiger partial charge is 0.0829 e. The van der Waals surface area contributed by atoms with Crippen molar-refractivity contribution in [3.8, 4) is 0 Å². The molecule has 1 aromatic rings. The van der Waals surface area contributed by atoms with E-state index in [1.807, 2.05) is 25.1 Å². The summed E-state index contributed by atoms with van der Waals surface area (Å²) in [6.45, 7) is 1.82. The van der Waals surface area contributed by atoms with Crippen molar-refractivity contribution in [2.45, 2.75) is 44.5 Å². The normalized spacial score (nSPS) is 27.9. The zero-order valence-corrected chi connectivity index (χ0v) is 9.10. The minimum atomic E-state index is -0.260. The Morgan fingerprint density at radius 2 is 2.07 bits per heavy atom. The topological polar surface area (TPSA) is 29.5 Å². The van der Waals surface area contributed by atoms with Crippen LogP contribution in [0.5, 0.6) is 0 Å². The van der Waals surface area contributed by atoms with Crippen LogP contribution in [0, 0.1) is 0 Å². The minimum Gasteiger partial charge on any atom is -0.393 e. The van der Waals surface area contributed by atoms with Gasteiger partial charge in [-0.2, -0.15) is 0 Å². The molecule has 2 heteroatoms. The van der Waals surface area contributed by atoms with Crippen LogP contribution in [-0.4, -0.2) is 17.3 Å². The van der Waals surface area contributed by atoms with Crippen LogP contribution < -0.4 is 0 Å². The number of hydrogen-bond donors (Lipinski definition) is 1. The standard InChI is InChI=1S/C13H18O2/c1-10(14)9-12-7-8-13(15-12)11-5-3-2-4-6-11/h2-6,10,12-14H,7-9H2,1H3/t10?,12-,13-/m0/s1. The van der Waals surface area contributed by atoms with E-state index < -0.39 is 0 Å². The largest absolute Gasteiger partial charge is 0.393 e. The summed E-state index contributed by atoms with van der Waals surface area (Å²) in [4.78, 5) is 0. The summed E-state index contributed by atoms with van der Waals surface area (Å²) in [5.74, 6) is 0. The zero-order chi connectivity index (χ0) is 10.7. The molecule has 1 unspecified atom stereocenters. The maximum Gasteiger partial charge on any atom is 0.0829 e. The van der Waals surface area contributed by atoms with Gasteiger partial charge in [-0.05, 0) is 31.7 Å². The summed E-state index contributed by atoms with van der Waals surface area (Å²) in [6, 6.07) is 10.3. The Balaban J connectivity index is 1.93. The summed E-state index contributed by atoms with van der Waals surface area (Å²) in [5.41, 5.74) is 1.26. The Labute approximate surface area is 90.9 Å². The van der Waals surface area contributed by atoms with Gasteiger partial charge in [-0.25, -0.2) is 0 Å². The van der Waals surface area contributed by atoms with Gasteiger partial charge in [0.2, 0.25) is 0 Å². The summed E-state index contributed by atoms with van der Waals surface area (Å²) in [5, 5.41) is 9.29. The zero-order valence-electron chi connectivity index (χ0n) is 9.10. The molecule has 1 N–H and O–H groups in total. The van der Waals surface area contributed by atoms with Crippen molar-refractivity contribution in [1.82, 2.24) is 0 Å². The van der Waals surface area contributed by atoms with Gasteiger partial charge in [0.05, 0.1) is 18.3 Å². The molecule has 1 aliphatic rings. The van der Waals surface area contributed by atoms with Gasteiger partial charge in [0.15, 0.2) is 0 Å². The lowest BCUT2D eigenvalue weighted by molar-refractivity contribution is 0.0154. The molecular formula is C13H18O2. The second-order valence-electron chi connectivity index (χ2n) is 4.32. The third-order valence-electron chi connectivity index (χ3n) is 2.88. The molecule has 0 aliphatic carbocycles. The molecule has 82 valence electrons. The van der Waals surface area contributed by atoms with Crippen molar-refractivity contribution in [2.75, 3.05) is 0 Å². The van der Waals surface area contributed by atoms with Gasteiger partial charge in [-0.1, -0.05) is 30.3 Å². The molecule has 15 heavy (non-hydrogen) atoms. The van der Waals surface area contributed by atoms with Gasteiger partial charge in [0.1, 0.15) is 0 Å². The molecule has 0 saturated carbocycles. The third-order valence-corrected chi connectivity index (χ3v) is 2.88. The van der Waals surface area contributed by atoms with Crippen molar-refractivity contribution in [1.29, 1.82) is 0 Å². The summed E-state index contributed by atoms with van der Waals surface area (Å²) in [7, 11) is 0. The van der Waals surface area contributed by atoms with Crippen LogP contribution in [-0.2, 0) is 4.74 Å². The van der Waals surface area contributed by atoms with E-state index in [2.05, 4.69) is 12.1 Å². The Morgan fingerprint density at radius 3 is 2.73 bits per heavy atom. The molecule has 2 nitrogen and oxygen atoms in total. The molecule has 0 aromatic heterocycles. The average Bonchev–Trinajstić information content (AvgIpc) is 2.67. The number of aliphatic hydroxyl groups is 1. The van der Waals surface area contributed by atoms with Crippen LogP contribution in [0.2, 0.25) is 0 Å². The number of rotatable bonds is 3. The highest BCUT2D eigenvalue weighted by Gasteiger charge is 2.26. The van der Waals surface area contributed by atoms with Crippen LogP contribution in [0.4, 0.5) is 0 Å². The predicted molar refractivity (Wildman–Crippen MR) is 59.6 cm³/mol. The van der Waals surface area contributed by atoms with Gasteiger partial charge in [0, 0.05) is 0 Å². The highest BCUT2D eigenvalue weighted by atomic mass is 16.5. The molecule has 1 aromatic carbocycles. The molecular weight excluding hydrogens is 188 g/mol. The number of hydrogen-bond acceptors (Lipinski definition) is 2. The summed E-state index contributed by atoms with van der Waals surface area (Å²) < 4.78 is 5.90. The van der Waals surface area contributed by atoms with Crippen molar-refractivity contribution in [3.63, 3.8) is 0 Å². The van der Waals surface area contributed by atoms with Crippen molar-refractivity contribution < 1.29 is 9.84 Å². The molecule has 3 atom stereocenters. The third kappa shape index (κ3) is 2.80. The quantitative estimate of drug-likeness (QED) is 0.824. The van der Waals surface area contributed by atoms with Crippen LogP contribution in [0.15, 0.2) is 30.3 Å². The molecule has 0 radical (unpaired) electrons. The molecule has 1 heterocycles. The van der Waals surface area contributed by atoms with E-state index in [4.69, 9.17) is 4.74 Å². The van der Waals surface area contributed by atoms with Gasteiger partial charge in [-0.3, -0.25) is 0 Å². The molecule has 1 saturated heterocycles. The van der Waals surface area contributed by atoms with Crippen LogP contribution in [0.3, 0.4) is 0 Å². The van der Waals surface area contributed by atoms with E-state index in [1.54, 1.807) is 0 Å². The second kappa shape index (κ2) is 4.77. The molecule has 0 spiro atoms. The Bertz CT molecular complexity index is 295. The fourth-order valence-electron chi connectivity index (χ4n) is 2.17. The Hall–Kier alpha value is -0.860. The minimum absolute atomic E-state index is 0.231. The van der Waals surface area contributed by atoms with Crippen LogP contribution in [0.25, 0.3) is 0 Å². The lowest BCUT2D eigenvalue weighted by Gasteiger charge is -2.15. The first-order chi connectivity index (χ1) is 7.25. The summed E-state index contributed by atoms with van der Waals surface area (Å²) >= 11 is 0. The van der Waals surface area contributed by atoms with Crippen LogP contribution in [0.1, 0.15) is 37.9 Å². The maximum atomic E-state index is 9.29. The van der Waals surface area contributed by atoms with Crippen LogP contribution >= 0.6 is 0 Å². The molecule has 1 aliphatic heterocycles. The Kier molecular flexibility index (Phi) is 3.39. The monoisotopic (exact) mass is 206 g/mol. The first-order valence-electron chi connectivity index (χ1n) is 5.64. The van der Waals surface area contributed by atoms with E-state index >= 15 is 0 Å².